The number of anilines is 1. The third-order valence-electron chi connectivity index (χ3n) is 7.12. The average molecular weight is 539 g/mol. The summed E-state index contributed by atoms with van der Waals surface area (Å²) in [5, 5.41) is 19.9. The van der Waals surface area contributed by atoms with Crippen LogP contribution in [0, 0.1) is 16.7 Å². The van der Waals surface area contributed by atoms with Crippen LogP contribution in [-0.2, 0) is 17.9 Å². The van der Waals surface area contributed by atoms with Gasteiger partial charge in [-0.25, -0.2) is 19.6 Å². The number of hydrogen-bond acceptors (Lipinski definition) is 8. The van der Waals surface area contributed by atoms with Crippen molar-refractivity contribution in [2.45, 2.75) is 57.5 Å². The topological polar surface area (TPSA) is 123 Å². The van der Waals surface area contributed by atoms with Crippen molar-refractivity contribution in [3.8, 4) is 6.07 Å². The lowest BCUT2D eigenvalue weighted by Crippen LogP contribution is -2.56. The number of benzene rings is 1. The average Bonchev–Trinajstić information content (AvgIpc) is 2.90. The molecule has 1 aromatic heterocycles. The first kappa shape index (κ1) is 27.5. The predicted octanol–water partition coefficient (Wildman–Crippen LogP) is 4.56. The van der Waals surface area contributed by atoms with E-state index in [-0.39, 0.29) is 36.9 Å². The highest BCUT2D eigenvalue weighted by atomic mass is 32.2. The van der Waals surface area contributed by atoms with Crippen molar-refractivity contribution in [2.75, 3.05) is 37.3 Å². The number of ether oxygens (including phenoxy) is 1. The summed E-state index contributed by atoms with van der Waals surface area (Å²) in [6, 6.07) is 11.3. The molecule has 1 saturated heterocycles. The number of carboxylic acid groups (broad SMARTS) is 1. The van der Waals surface area contributed by atoms with Gasteiger partial charge in [0.05, 0.1) is 30.8 Å². The Balaban J connectivity index is 1.62. The third-order valence-corrected chi connectivity index (χ3v) is 7.67. The fourth-order valence-corrected chi connectivity index (χ4v) is 5.45. The summed E-state index contributed by atoms with van der Waals surface area (Å²) in [7, 11) is 0. The fraction of sp³-hybridized carbons (Fsp3) is 0.519. The van der Waals surface area contributed by atoms with Crippen molar-refractivity contribution in [3.63, 3.8) is 0 Å². The molecule has 1 aromatic carbocycles. The van der Waals surface area contributed by atoms with Gasteiger partial charge in [0.1, 0.15) is 12.4 Å². The van der Waals surface area contributed by atoms with Gasteiger partial charge < -0.3 is 24.5 Å². The number of amides is 2. The van der Waals surface area contributed by atoms with Gasteiger partial charge in [0.25, 0.3) is 0 Å². The van der Waals surface area contributed by atoms with Crippen molar-refractivity contribution >= 4 is 29.8 Å². The molecular formula is C27H34N6O4S. The molecule has 1 N–H and O–H groups in total. The standard InChI is InChI=1S/C27H34N6O4S/c1-27(2,3)20-15-32(25(34)35)16-21-22(20)23(30-24(29-21)38-4)31-12-13-33(19(14-31)10-11-28)26(36)37-17-18-8-6-5-7-9-18/h5-9,19-20H,10,12-17H2,1-4H3,(H,34,35)/t19-,20?/m0/s1. The largest absolute Gasteiger partial charge is 0.465 e. The number of thioether (sulfide) groups is 1. The van der Waals surface area contributed by atoms with E-state index in [0.717, 1.165) is 22.6 Å². The molecular weight excluding hydrogens is 504 g/mol. The van der Waals surface area contributed by atoms with Crippen molar-refractivity contribution in [1.29, 1.82) is 5.26 Å². The molecule has 38 heavy (non-hydrogen) atoms. The van der Waals surface area contributed by atoms with Crippen LogP contribution in [-0.4, -0.2) is 75.5 Å². The number of fused-ring (bicyclic) bond motifs is 1. The zero-order valence-electron chi connectivity index (χ0n) is 22.3. The maximum Gasteiger partial charge on any atom is 0.410 e. The minimum atomic E-state index is -0.965. The smallest absolute Gasteiger partial charge is 0.410 e. The second kappa shape index (κ2) is 11.5. The monoisotopic (exact) mass is 538 g/mol. The zero-order valence-corrected chi connectivity index (χ0v) is 23.1. The van der Waals surface area contributed by atoms with E-state index in [2.05, 4.69) is 31.7 Å². The number of piperazine rings is 1. The van der Waals surface area contributed by atoms with Gasteiger partial charge in [-0.15, -0.1) is 0 Å². The molecule has 11 heteroatoms. The number of carbonyl (C=O) groups is 2. The molecule has 1 unspecified atom stereocenters. The lowest BCUT2D eigenvalue weighted by Gasteiger charge is -2.44. The Bertz CT molecular complexity index is 1210. The Morgan fingerprint density at radius 2 is 1.92 bits per heavy atom. The normalized spacial score (nSPS) is 19.5. The Morgan fingerprint density at radius 1 is 1.18 bits per heavy atom. The molecule has 2 aromatic rings. The number of aromatic nitrogens is 2. The quantitative estimate of drug-likeness (QED) is 0.431. The molecule has 0 aliphatic carbocycles. The van der Waals surface area contributed by atoms with Crippen LogP contribution >= 0.6 is 11.8 Å². The second-order valence-electron chi connectivity index (χ2n) is 10.7. The van der Waals surface area contributed by atoms with Gasteiger partial charge in [0.2, 0.25) is 0 Å². The van der Waals surface area contributed by atoms with Crippen LogP contribution < -0.4 is 4.90 Å². The molecule has 2 amide bonds. The highest BCUT2D eigenvalue weighted by molar-refractivity contribution is 7.98. The molecule has 0 radical (unpaired) electrons. The van der Waals surface area contributed by atoms with Gasteiger partial charge in [0, 0.05) is 37.7 Å². The van der Waals surface area contributed by atoms with Crippen LogP contribution in [0.15, 0.2) is 35.5 Å². The summed E-state index contributed by atoms with van der Waals surface area (Å²) in [6.45, 7) is 8.33. The Hall–Kier alpha value is -3.52. The van der Waals surface area contributed by atoms with Crippen LogP contribution in [0.25, 0.3) is 0 Å². The summed E-state index contributed by atoms with van der Waals surface area (Å²) in [6.07, 6.45) is 0.652. The molecule has 0 spiro atoms. The SMILES string of the molecule is CSc1nc2c(c(N3CCN(C(=O)OCc4ccccc4)[C@@H](CC#N)C3)n1)C(C(C)(C)C)CN(C(=O)O)C2. The van der Waals surface area contributed by atoms with Gasteiger partial charge in [-0.3, -0.25) is 0 Å². The Morgan fingerprint density at radius 3 is 2.55 bits per heavy atom. The predicted molar refractivity (Wildman–Crippen MR) is 144 cm³/mol. The number of nitriles is 1. The van der Waals surface area contributed by atoms with E-state index in [4.69, 9.17) is 14.7 Å². The first-order chi connectivity index (χ1) is 18.1. The van der Waals surface area contributed by atoms with E-state index in [9.17, 15) is 20.0 Å². The van der Waals surface area contributed by atoms with Gasteiger partial charge in [0.15, 0.2) is 5.16 Å². The maximum atomic E-state index is 13.0. The highest BCUT2D eigenvalue weighted by Crippen LogP contribution is 2.44. The maximum absolute atomic E-state index is 13.0. The fourth-order valence-electron chi connectivity index (χ4n) is 5.07. The molecule has 202 valence electrons. The Kier molecular flexibility index (Phi) is 8.31. The summed E-state index contributed by atoms with van der Waals surface area (Å²) in [4.78, 5) is 39.7. The zero-order chi connectivity index (χ0) is 27.4. The number of nitrogens with zero attached hydrogens (tertiary/aromatic N) is 6. The van der Waals surface area contributed by atoms with Crippen molar-refractivity contribution in [3.05, 3.63) is 47.2 Å². The summed E-state index contributed by atoms with van der Waals surface area (Å²) in [5.41, 5.74) is 2.34. The molecule has 1 fully saturated rings. The summed E-state index contributed by atoms with van der Waals surface area (Å²) >= 11 is 1.41. The van der Waals surface area contributed by atoms with E-state index in [1.807, 2.05) is 36.6 Å². The molecule has 3 heterocycles. The van der Waals surface area contributed by atoms with Crippen LogP contribution in [0.1, 0.15) is 49.9 Å². The third kappa shape index (κ3) is 5.96. The molecule has 10 nitrogen and oxygen atoms in total. The van der Waals surface area contributed by atoms with E-state index < -0.39 is 12.2 Å². The van der Waals surface area contributed by atoms with E-state index in [1.165, 1.54) is 16.7 Å². The van der Waals surface area contributed by atoms with Crippen LogP contribution in [0.5, 0.6) is 0 Å². The van der Waals surface area contributed by atoms with Crippen molar-refractivity contribution in [2.24, 2.45) is 5.41 Å². The number of carbonyl (C=O) groups excluding carboxylic acids is 1. The van der Waals surface area contributed by atoms with E-state index >= 15 is 0 Å². The van der Waals surface area contributed by atoms with Gasteiger partial charge >= 0.3 is 12.2 Å². The van der Waals surface area contributed by atoms with E-state index in [1.54, 1.807) is 4.90 Å². The lowest BCUT2D eigenvalue weighted by molar-refractivity contribution is 0.0767. The molecule has 2 aliphatic rings. The van der Waals surface area contributed by atoms with E-state index in [0.29, 0.717) is 31.3 Å². The highest BCUT2D eigenvalue weighted by Gasteiger charge is 2.41. The minimum Gasteiger partial charge on any atom is -0.465 e. The molecule has 2 atom stereocenters. The number of rotatable bonds is 5. The van der Waals surface area contributed by atoms with Crippen molar-refractivity contribution in [1.82, 2.24) is 19.8 Å². The van der Waals surface area contributed by atoms with Gasteiger partial charge in [-0.1, -0.05) is 62.9 Å². The molecule has 2 aliphatic heterocycles. The summed E-state index contributed by atoms with van der Waals surface area (Å²) in [5.74, 6) is 0.654. The first-order valence-corrected chi connectivity index (χ1v) is 13.9. The number of hydrogen-bond donors (Lipinski definition) is 1. The lowest BCUT2D eigenvalue weighted by atomic mass is 9.74. The van der Waals surface area contributed by atoms with Crippen LogP contribution in [0.3, 0.4) is 0 Å². The summed E-state index contributed by atoms with van der Waals surface area (Å²) < 4.78 is 5.58. The second-order valence-corrected chi connectivity index (χ2v) is 11.4. The first-order valence-electron chi connectivity index (χ1n) is 12.6. The van der Waals surface area contributed by atoms with Gasteiger partial charge in [-0.05, 0) is 17.2 Å². The minimum absolute atomic E-state index is 0.114. The van der Waals surface area contributed by atoms with Crippen molar-refractivity contribution < 1.29 is 19.4 Å². The van der Waals surface area contributed by atoms with Crippen LogP contribution in [0.4, 0.5) is 15.4 Å². The Labute approximate surface area is 227 Å². The molecule has 0 bridgehead atoms. The molecule has 0 saturated carbocycles. The van der Waals surface area contributed by atoms with Gasteiger partial charge in [-0.2, -0.15) is 5.26 Å². The van der Waals surface area contributed by atoms with Crippen LogP contribution in [0.2, 0.25) is 0 Å². The molecule has 4 rings (SSSR count).